The summed E-state index contributed by atoms with van der Waals surface area (Å²) in [5.41, 5.74) is 3.71. The molecule has 0 bridgehead atoms. The maximum Gasteiger partial charge on any atom is 0.498 e. The summed E-state index contributed by atoms with van der Waals surface area (Å²) in [7, 11) is -0.824. The van der Waals surface area contributed by atoms with E-state index in [1.807, 2.05) is 27.7 Å². The van der Waals surface area contributed by atoms with E-state index in [1.165, 1.54) is 0 Å². The van der Waals surface area contributed by atoms with E-state index >= 15 is 0 Å². The first-order valence-corrected chi connectivity index (χ1v) is 6.12. The summed E-state index contributed by atoms with van der Waals surface area (Å²) in [6.07, 6.45) is -3.47. The van der Waals surface area contributed by atoms with E-state index in [0.717, 1.165) is 12.3 Å². The molecule has 20 heavy (non-hydrogen) atoms. The molecular weight excluding hydrogens is 272 g/mol. The van der Waals surface area contributed by atoms with Crippen LogP contribution in [0.5, 0.6) is 0 Å². The van der Waals surface area contributed by atoms with Gasteiger partial charge in [-0.2, -0.15) is 13.2 Å². The van der Waals surface area contributed by atoms with E-state index < -0.39 is 30.2 Å². The SMILES string of the molecule is CC1(C)OB(c2cnc(C(F)(F)F)cc2N)OC1(C)C. The molecule has 0 aromatic carbocycles. The van der Waals surface area contributed by atoms with E-state index in [4.69, 9.17) is 15.0 Å². The van der Waals surface area contributed by atoms with Gasteiger partial charge in [-0.15, -0.1) is 0 Å². The van der Waals surface area contributed by atoms with Gasteiger partial charge in [-0.05, 0) is 33.8 Å². The molecule has 1 saturated heterocycles. The fraction of sp³-hybridized carbons (Fsp3) is 0.583. The fourth-order valence-electron chi connectivity index (χ4n) is 1.80. The standard InChI is InChI=1S/C12H16BF3N2O2/c1-10(2)11(3,4)20-13(19-10)7-6-18-9(5-8(7)17)12(14,15)16/h5-6H,1-4H3,(H2,17,18). The lowest BCUT2D eigenvalue weighted by molar-refractivity contribution is -0.141. The van der Waals surface area contributed by atoms with E-state index in [1.54, 1.807) is 0 Å². The number of hydrogen-bond donors (Lipinski definition) is 1. The molecule has 2 N–H and O–H groups in total. The van der Waals surface area contributed by atoms with Crippen LogP contribution in [-0.2, 0) is 15.5 Å². The average molecular weight is 288 g/mol. The van der Waals surface area contributed by atoms with Crippen molar-refractivity contribution < 1.29 is 22.5 Å². The van der Waals surface area contributed by atoms with Crippen molar-refractivity contribution in [2.24, 2.45) is 0 Å². The normalized spacial score (nSPS) is 21.2. The molecule has 1 aliphatic heterocycles. The third-order valence-corrected chi connectivity index (χ3v) is 3.77. The van der Waals surface area contributed by atoms with Crippen molar-refractivity contribution in [1.82, 2.24) is 4.98 Å². The van der Waals surface area contributed by atoms with Crippen molar-refractivity contribution in [3.8, 4) is 0 Å². The van der Waals surface area contributed by atoms with E-state index in [2.05, 4.69) is 4.98 Å². The highest BCUT2D eigenvalue weighted by molar-refractivity contribution is 6.63. The van der Waals surface area contributed by atoms with Gasteiger partial charge in [0.05, 0.1) is 11.2 Å². The summed E-state index contributed by atoms with van der Waals surface area (Å²) in [6, 6.07) is 0.792. The van der Waals surface area contributed by atoms with Crippen molar-refractivity contribution in [2.45, 2.75) is 45.1 Å². The average Bonchev–Trinajstić information content (AvgIpc) is 2.46. The fourth-order valence-corrected chi connectivity index (χ4v) is 1.80. The smallest absolute Gasteiger partial charge is 0.399 e. The highest BCUT2D eigenvalue weighted by atomic mass is 19.4. The number of nitrogens with two attached hydrogens (primary N) is 1. The predicted octanol–water partition coefficient (Wildman–Crippen LogP) is 1.98. The first-order valence-electron chi connectivity index (χ1n) is 6.12. The van der Waals surface area contributed by atoms with Gasteiger partial charge < -0.3 is 15.0 Å². The number of alkyl halides is 3. The molecule has 0 aliphatic carbocycles. The van der Waals surface area contributed by atoms with Crippen molar-refractivity contribution in [1.29, 1.82) is 0 Å². The van der Waals surface area contributed by atoms with Gasteiger partial charge in [-0.25, -0.2) is 0 Å². The topological polar surface area (TPSA) is 57.4 Å². The zero-order chi connectivity index (χ0) is 15.3. The van der Waals surface area contributed by atoms with Gasteiger partial charge in [0, 0.05) is 17.3 Å². The molecule has 2 heterocycles. The van der Waals surface area contributed by atoms with Crippen LogP contribution >= 0.6 is 0 Å². The predicted molar refractivity (Wildman–Crippen MR) is 69.4 cm³/mol. The number of hydrogen-bond acceptors (Lipinski definition) is 4. The van der Waals surface area contributed by atoms with Gasteiger partial charge in [-0.1, -0.05) is 0 Å². The number of anilines is 1. The zero-order valence-corrected chi connectivity index (χ0v) is 11.7. The lowest BCUT2D eigenvalue weighted by Crippen LogP contribution is -2.41. The third-order valence-electron chi connectivity index (χ3n) is 3.77. The van der Waals surface area contributed by atoms with Gasteiger partial charge in [0.15, 0.2) is 0 Å². The minimum atomic E-state index is -4.53. The highest BCUT2D eigenvalue weighted by Gasteiger charge is 2.52. The number of rotatable bonds is 1. The van der Waals surface area contributed by atoms with E-state index in [-0.39, 0.29) is 5.69 Å². The van der Waals surface area contributed by atoms with Gasteiger partial charge in [0.1, 0.15) is 5.69 Å². The molecule has 0 unspecified atom stereocenters. The second-order valence-electron chi connectivity index (χ2n) is 5.78. The van der Waals surface area contributed by atoms with Gasteiger partial charge in [-0.3, -0.25) is 4.98 Å². The molecule has 1 aromatic rings. The Balaban J connectivity index is 2.33. The number of aromatic nitrogens is 1. The summed E-state index contributed by atoms with van der Waals surface area (Å²) in [4.78, 5) is 3.39. The number of pyridine rings is 1. The molecule has 0 atom stereocenters. The van der Waals surface area contributed by atoms with E-state index in [9.17, 15) is 13.2 Å². The molecule has 8 heteroatoms. The maximum absolute atomic E-state index is 12.5. The largest absolute Gasteiger partial charge is 0.498 e. The highest BCUT2D eigenvalue weighted by Crippen LogP contribution is 2.37. The first kappa shape index (κ1) is 15.1. The molecule has 0 spiro atoms. The molecule has 0 saturated carbocycles. The maximum atomic E-state index is 12.5. The minimum Gasteiger partial charge on any atom is -0.399 e. The van der Waals surface area contributed by atoms with Crippen LogP contribution in [0.4, 0.5) is 18.9 Å². The second kappa shape index (κ2) is 4.36. The number of nitrogen functional groups attached to an aromatic ring is 1. The zero-order valence-electron chi connectivity index (χ0n) is 11.7. The van der Waals surface area contributed by atoms with Crippen molar-refractivity contribution in [3.63, 3.8) is 0 Å². The molecule has 0 amide bonds. The van der Waals surface area contributed by atoms with Gasteiger partial charge in [0.25, 0.3) is 0 Å². The van der Waals surface area contributed by atoms with Crippen LogP contribution in [0.1, 0.15) is 33.4 Å². The van der Waals surface area contributed by atoms with Crippen molar-refractivity contribution in [2.75, 3.05) is 5.73 Å². The first-order chi connectivity index (χ1) is 8.94. The molecule has 110 valence electrons. The summed E-state index contributed by atoms with van der Waals surface area (Å²) in [5.74, 6) is 0. The molecule has 4 nitrogen and oxygen atoms in total. The van der Waals surface area contributed by atoms with Crippen LogP contribution in [0, 0.1) is 0 Å². The molecule has 2 rings (SSSR count). The molecular formula is C12H16BF3N2O2. The Morgan fingerprint density at radius 3 is 2.05 bits per heavy atom. The van der Waals surface area contributed by atoms with Crippen LogP contribution in [0.15, 0.2) is 12.3 Å². The Morgan fingerprint density at radius 1 is 1.15 bits per heavy atom. The van der Waals surface area contributed by atoms with Crippen LogP contribution < -0.4 is 11.2 Å². The minimum absolute atomic E-state index is 0.0502. The van der Waals surface area contributed by atoms with Crippen LogP contribution in [0.25, 0.3) is 0 Å². The van der Waals surface area contributed by atoms with E-state index in [0.29, 0.717) is 5.46 Å². The second-order valence-corrected chi connectivity index (χ2v) is 5.78. The third kappa shape index (κ3) is 2.49. The monoisotopic (exact) mass is 288 g/mol. The molecule has 0 radical (unpaired) electrons. The van der Waals surface area contributed by atoms with Crippen molar-refractivity contribution in [3.05, 3.63) is 18.0 Å². The Hall–Kier alpha value is -1.28. The Labute approximate surface area is 115 Å². The Bertz CT molecular complexity index is 516. The van der Waals surface area contributed by atoms with Crippen molar-refractivity contribution >= 4 is 18.3 Å². The molecule has 1 aromatic heterocycles. The summed E-state index contributed by atoms with van der Waals surface area (Å²) in [5, 5.41) is 0. The summed E-state index contributed by atoms with van der Waals surface area (Å²) in [6.45, 7) is 7.39. The number of halogens is 3. The van der Waals surface area contributed by atoms with Gasteiger partial charge >= 0.3 is 13.3 Å². The Morgan fingerprint density at radius 2 is 1.65 bits per heavy atom. The quantitative estimate of drug-likeness (QED) is 0.803. The Kier molecular flexibility index (Phi) is 3.30. The van der Waals surface area contributed by atoms with Crippen LogP contribution in [0.2, 0.25) is 0 Å². The van der Waals surface area contributed by atoms with Crippen LogP contribution in [0.3, 0.4) is 0 Å². The van der Waals surface area contributed by atoms with Gasteiger partial charge in [0.2, 0.25) is 0 Å². The lowest BCUT2D eigenvalue weighted by Gasteiger charge is -2.32. The van der Waals surface area contributed by atoms with Crippen LogP contribution in [-0.4, -0.2) is 23.3 Å². The lowest BCUT2D eigenvalue weighted by atomic mass is 9.79. The summed E-state index contributed by atoms with van der Waals surface area (Å²) < 4.78 is 49.1. The molecule has 1 fully saturated rings. The molecule has 1 aliphatic rings. The number of nitrogens with zero attached hydrogens (tertiary/aromatic N) is 1. The summed E-state index contributed by atoms with van der Waals surface area (Å²) >= 11 is 0.